The van der Waals surface area contributed by atoms with Gasteiger partial charge in [-0.15, -0.1) is 0 Å². The molecule has 0 aliphatic carbocycles. The molecule has 10 aliphatic rings. The summed E-state index contributed by atoms with van der Waals surface area (Å²) < 4.78 is 3.27. The molecule has 1 spiro atoms. The van der Waals surface area contributed by atoms with Crippen molar-refractivity contribution in [3.63, 3.8) is 0 Å². The molecule has 0 bridgehead atoms. The number of nitrogens with two attached hydrogens (primary N) is 1. The first-order valence-electron chi connectivity index (χ1n) is 9.14. The van der Waals surface area contributed by atoms with E-state index in [0.29, 0.717) is 5.82 Å². The molecule has 12 heterocycles. The monoisotopic (exact) mass is 347 g/mol. The van der Waals surface area contributed by atoms with Crippen LogP contribution < -0.4 is 5.73 Å². The number of nitrogen functional groups attached to an aromatic ring is 1. The summed E-state index contributed by atoms with van der Waals surface area (Å²) in [6, 6.07) is 0. The molecule has 10 saturated heterocycles. The summed E-state index contributed by atoms with van der Waals surface area (Å²) in [6.45, 7) is -1.75. The number of imidazole rings is 1. The van der Waals surface area contributed by atoms with Gasteiger partial charge in [0.05, 0.1) is 0 Å². The van der Waals surface area contributed by atoms with Gasteiger partial charge in [0.1, 0.15) is 0 Å². The number of nitrogens with zero attached hydrogens (tertiary/aromatic N) is 4. The standard InChI is InChI=1S/C12H12N5.C5H5.Fe/c13-11-10-12(15-7-14-11)17(8-16-10)6-5-9-3-1-2-4-9;1-2-4-5-3-1;/h1-4,7-8H,5-6H2,(H2,13,14,15);1-5H;. The van der Waals surface area contributed by atoms with E-state index in [1.807, 2.05) is 6.33 Å². The van der Waals surface area contributed by atoms with Crippen molar-refractivity contribution in [1.82, 2.24) is 19.5 Å². The molecule has 6 heteroatoms. The number of rotatable bonds is 3. The van der Waals surface area contributed by atoms with Gasteiger partial charge in [0.15, 0.2) is 0 Å². The van der Waals surface area contributed by atoms with Crippen molar-refractivity contribution < 1.29 is 6.51 Å². The average Bonchev–Trinajstić information content (AvgIpc) is 3.46. The fourth-order valence-corrected chi connectivity index (χ4v) is 94.0. The van der Waals surface area contributed by atoms with Gasteiger partial charge in [-0.3, -0.25) is 0 Å². The Kier molecular flexibility index (Phi) is 0.344. The molecule has 0 aromatic carbocycles. The van der Waals surface area contributed by atoms with Crippen molar-refractivity contribution in [2.45, 2.75) is 60.6 Å². The molecule has 0 amide bonds. The Morgan fingerprint density at radius 2 is 1.70 bits per heavy atom. The van der Waals surface area contributed by atoms with Crippen LogP contribution >= 0.6 is 0 Å². The van der Waals surface area contributed by atoms with E-state index in [1.165, 1.54) is 49.8 Å². The maximum absolute atomic E-state index is 5.95. The fraction of sp³-hybridized carbons (Fsp3) is 0.706. The van der Waals surface area contributed by atoms with Gasteiger partial charge in [0.25, 0.3) is 0 Å². The van der Waals surface area contributed by atoms with Crippen molar-refractivity contribution >= 4 is 17.0 Å². The Bertz CT molecular complexity index is 1400. The average molecular weight is 347 g/mol. The predicted octanol–water partition coefficient (Wildman–Crippen LogP) is 3.56. The first-order chi connectivity index (χ1) is 11.0. The zero-order chi connectivity index (χ0) is 14.3. The third kappa shape index (κ3) is 0.128. The van der Waals surface area contributed by atoms with Gasteiger partial charge in [-0.2, -0.15) is 0 Å². The zero-order valence-electron chi connectivity index (χ0n) is 12.5. The van der Waals surface area contributed by atoms with Gasteiger partial charge in [0.2, 0.25) is 0 Å². The second-order valence-corrected chi connectivity index (χ2v) is 36.1. The van der Waals surface area contributed by atoms with Crippen LogP contribution in [0.5, 0.6) is 0 Å². The SMILES string of the molecule is Nc1ncnc2c1ncn2CC[C]12[CH]3[CH]4[CH]5[CH]1[Fe]45321678[CH]2[CH]1[CH]6[CH]7[CH]28. The van der Waals surface area contributed by atoms with Crippen LogP contribution in [0.1, 0.15) is 6.42 Å². The molecule has 10 fully saturated rings. The van der Waals surface area contributed by atoms with E-state index >= 15 is 0 Å². The number of fused-ring (bicyclic) bond motifs is 11. The Morgan fingerprint density at radius 1 is 1.00 bits per heavy atom. The zero-order valence-corrected chi connectivity index (χ0v) is 13.6. The minimum atomic E-state index is -2.89. The van der Waals surface area contributed by atoms with E-state index in [9.17, 15) is 0 Å². The van der Waals surface area contributed by atoms with E-state index in [1.54, 1.807) is 6.33 Å². The van der Waals surface area contributed by atoms with Crippen molar-refractivity contribution in [1.29, 1.82) is 0 Å². The third-order valence-corrected chi connectivity index (χ3v) is 60.2. The van der Waals surface area contributed by atoms with Crippen molar-refractivity contribution in [3.05, 3.63) is 12.7 Å². The summed E-state index contributed by atoms with van der Waals surface area (Å²) in [5.74, 6) is 0.520. The summed E-state index contributed by atoms with van der Waals surface area (Å²) in [6.07, 6.45) is 5.02. The normalized spacial score (nSPS) is 91.4. The van der Waals surface area contributed by atoms with Crippen LogP contribution in [-0.2, 0) is 13.1 Å². The first kappa shape index (κ1) is 8.82. The van der Waals surface area contributed by atoms with Crippen molar-refractivity contribution in [2.75, 3.05) is 5.73 Å². The summed E-state index contributed by atoms with van der Waals surface area (Å²) >= 11 is 0. The summed E-state index contributed by atoms with van der Waals surface area (Å²) in [4.78, 5) is 25.8. The van der Waals surface area contributed by atoms with Crippen molar-refractivity contribution in [2.24, 2.45) is 0 Å². The van der Waals surface area contributed by atoms with E-state index < -0.39 is 6.51 Å². The van der Waals surface area contributed by atoms with Gasteiger partial charge in [0, 0.05) is 0 Å². The Morgan fingerprint density at radius 3 is 2.26 bits per heavy atom. The van der Waals surface area contributed by atoms with Crippen LogP contribution in [0.3, 0.4) is 0 Å². The number of hydrogen-bond donors (Lipinski definition) is 1. The van der Waals surface area contributed by atoms with Crippen LogP contribution in [0.2, 0.25) is 47.7 Å². The minimum absolute atomic E-state index is 0.520. The molecule has 4 unspecified atom stereocenters. The van der Waals surface area contributed by atoms with Crippen LogP contribution in [0, 0.1) is 0 Å². The second-order valence-electron chi connectivity index (χ2n) is 12.5. The summed E-state index contributed by atoms with van der Waals surface area (Å²) in [5.41, 5.74) is 7.69. The number of aromatic nitrogens is 4. The third-order valence-electron chi connectivity index (χ3n) is 17.1. The van der Waals surface area contributed by atoms with Crippen molar-refractivity contribution in [3.8, 4) is 0 Å². The van der Waals surface area contributed by atoms with E-state index in [4.69, 9.17) is 5.73 Å². The molecule has 5 nitrogen and oxygen atoms in total. The Labute approximate surface area is 122 Å². The molecule has 2 aromatic heterocycles. The molecule has 118 valence electrons. The predicted molar refractivity (Wildman–Crippen MR) is 80.8 cm³/mol. The summed E-state index contributed by atoms with van der Waals surface area (Å²) in [5, 5.41) is 0. The second kappa shape index (κ2) is 0.896. The number of anilines is 1. The first-order valence-corrected chi connectivity index (χ1v) is 15.4. The molecule has 0 radical (unpaired) electrons. The molecular formula is C17H17FeN5. The number of aryl methyl sites for hydroxylation is 1. The maximum atomic E-state index is 5.95. The summed E-state index contributed by atoms with van der Waals surface area (Å²) in [7, 11) is 0. The quantitative estimate of drug-likeness (QED) is 0.862. The fourth-order valence-electron chi connectivity index (χ4n) is 18.7. The van der Waals surface area contributed by atoms with Crippen LogP contribution in [0.15, 0.2) is 12.7 Å². The molecule has 4 atom stereocenters. The van der Waals surface area contributed by atoms with Gasteiger partial charge < -0.3 is 0 Å². The van der Waals surface area contributed by atoms with Crippen LogP contribution in [-0.4, -0.2) is 19.5 Å². The molecular weight excluding hydrogens is 330 g/mol. The molecule has 2 N–H and O–H groups in total. The van der Waals surface area contributed by atoms with Crippen LogP contribution in [0.25, 0.3) is 11.2 Å². The van der Waals surface area contributed by atoms with Gasteiger partial charge in [-0.1, -0.05) is 0 Å². The van der Waals surface area contributed by atoms with E-state index in [2.05, 4.69) is 19.5 Å². The number of hydrogen-bond acceptors (Lipinski definition) is 4. The van der Waals surface area contributed by atoms with Gasteiger partial charge in [-0.25, -0.2) is 0 Å². The molecule has 0 saturated carbocycles. The molecule has 23 heavy (non-hydrogen) atoms. The van der Waals surface area contributed by atoms with Gasteiger partial charge in [-0.05, 0) is 0 Å². The molecule has 10 aliphatic heterocycles. The Hall–Kier alpha value is -1.13. The Balaban J connectivity index is 1.12. The van der Waals surface area contributed by atoms with Crippen LogP contribution in [0.4, 0.5) is 5.82 Å². The molecule has 2 aromatic rings. The van der Waals surface area contributed by atoms with Gasteiger partial charge >= 0.3 is 122 Å². The van der Waals surface area contributed by atoms with E-state index in [0.717, 1.165) is 22.0 Å². The van der Waals surface area contributed by atoms with E-state index in [-0.39, 0.29) is 0 Å². The molecule has 12 rings (SSSR count). The topological polar surface area (TPSA) is 69.6 Å².